The first-order valence-electron chi connectivity index (χ1n) is 5.93. The van der Waals surface area contributed by atoms with Crippen molar-refractivity contribution in [3.63, 3.8) is 0 Å². The van der Waals surface area contributed by atoms with E-state index in [1.165, 1.54) is 23.5 Å². The molecule has 1 aromatic carbocycles. The van der Waals surface area contributed by atoms with Crippen LogP contribution in [-0.4, -0.2) is 38.3 Å². The molecular formula is C12H15Cl2NO3S. The van der Waals surface area contributed by atoms with Crippen molar-refractivity contribution in [2.75, 3.05) is 20.2 Å². The molecule has 0 amide bonds. The van der Waals surface area contributed by atoms with Crippen molar-refractivity contribution >= 4 is 33.2 Å². The monoisotopic (exact) mass is 323 g/mol. The first kappa shape index (κ1) is 14.9. The molecule has 1 heterocycles. The Morgan fingerprint density at radius 3 is 2.47 bits per heavy atom. The summed E-state index contributed by atoms with van der Waals surface area (Å²) < 4.78 is 31.3. The predicted molar refractivity (Wildman–Crippen MR) is 75.6 cm³/mol. The molecule has 7 heteroatoms. The van der Waals surface area contributed by atoms with Crippen LogP contribution in [0.1, 0.15) is 12.8 Å². The number of sulfonamides is 1. The van der Waals surface area contributed by atoms with Gasteiger partial charge in [-0.2, -0.15) is 4.31 Å². The van der Waals surface area contributed by atoms with Gasteiger partial charge in [-0.3, -0.25) is 0 Å². The van der Waals surface area contributed by atoms with E-state index in [2.05, 4.69) is 0 Å². The van der Waals surface area contributed by atoms with Crippen LogP contribution in [0.2, 0.25) is 5.02 Å². The number of benzene rings is 1. The van der Waals surface area contributed by atoms with E-state index in [9.17, 15) is 8.42 Å². The summed E-state index contributed by atoms with van der Waals surface area (Å²) in [6.45, 7) is 0.889. The zero-order valence-electron chi connectivity index (χ0n) is 10.5. The number of methoxy groups -OCH3 is 1. The standard InChI is InChI=1S/C12H15Cl2NO3S/c1-18-12-3-2-10(8-11(12)14)19(16,17)15-6-4-9(13)5-7-15/h2-3,8-9H,4-7H2,1H3. The summed E-state index contributed by atoms with van der Waals surface area (Å²) in [6.07, 6.45) is 1.34. The molecule has 19 heavy (non-hydrogen) atoms. The fourth-order valence-corrected chi connectivity index (χ4v) is 4.04. The Labute approximate surface area is 123 Å². The third-order valence-corrected chi connectivity index (χ3v) is 5.77. The Bertz CT molecular complexity index is 554. The minimum absolute atomic E-state index is 0.0610. The normalized spacial score (nSPS) is 18.5. The second kappa shape index (κ2) is 5.87. The molecule has 0 aliphatic carbocycles. The summed E-state index contributed by atoms with van der Waals surface area (Å²) in [4.78, 5) is 0.186. The Morgan fingerprint density at radius 2 is 1.95 bits per heavy atom. The smallest absolute Gasteiger partial charge is 0.243 e. The third-order valence-electron chi connectivity index (χ3n) is 3.14. The van der Waals surface area contributed by atoms with Gasteiger partial charge in [0.2, 0.25) is 10.0 Å². The Kier molecular flexibility index (Phi) is 4.61. The highest BCUT2D eigenvalue weighted by molar-refractivity contribution is 7.89. The average molecular weight is 324 g/mol. The lowest BCUT2D eigenvalue weighted by molar-refractivity contribution is 0.350. The summed E-state index contributed by atoms with van der Waals surface area (Å²) in [7, 11) is -2.01. The minimum Gasteiger partial charge on any atom is -0.495 e. The summed E-state index contributed by atoms with van der Waals surface area (Å²) in [5.74, 6) is 0.458. The van der Waals surface area contributed by atoms with Crippen LogP contribution in [0.15, 0.2) is 23.1 Å². The quantitative estimate of drug-likeness (QED) is 0.803. The highest BCUT2D eigenvalue weighted by Gasteiger charge is 2.29. The maximum absolute atomic E-state index is 12.4. The molecule has 1 aliphatic heterocycles. The van der Waals surface area contributed by atoms with Crippen molar-refractivity contribution in [2.45, 2.75) is 23.1 Å². The zero-order chi connectivity index (χ0) is 14.0. The zero-order valence-corrected chi connectivity index (χ0v) is 12.8. The third kappa shape index (κ3) is 3.16. The summed E-state index contributed by atoms with van der Waals surface area (Å²) in [5.41, 5.74) is 0. The molecular weight excluding hydrogens is 309 g/mol. The van der Waals surface area contributed by atoms with Crippen molar-refractivity contribution in [3.8, 4) is 5.75 Å². The summed E-state index contributed by atoms with van der Waals surface area (Å²) in [6, 6.07) is 4.48. The Hall–Kier alpha value is -0.490. The lowest BCUT2D eigenvalue weighted by Gasteiger charge is -2.28. The average Bonchev–Trinajstić information content (AvgIpc) is 2.39. The predicted octanol–water partition coefficient (Wildman–Crippen LogP) is 2.74. The second-order valence-electron chi connectivity index (χ2n) is 4.38. The molecule has 0 atom stereocenters. The van der Waals surface area contributed by atoms with E-state index < -0.39 is 10.0 Å². The van der Waals surface area contributed by atoms with Crippen LogP contribution in [0.25, 0.3) is 0 Å². The van der Waals surface area contributed by atoms with Gasteiger partial charge in [-0.1, -0.05) is 11.6 Å². The van der Waals surface area contributed by atoms with Crippen LogP contribution < -0.4 is 4.74 Å². The molecule has 0 unspecified atom stereocenters. The van der Waals surface area contributed by atoms with Gasteiger partial charge in [-0.05, 0) is 31.0 Å². The van der Waals surface area contributed by atoms with Crippen LogP contribution in [0.3, 0.4) is 0 Å². The molecule has 1 aromatic rings. The van der Waals surface area contributed by atoms with Crippen molar-refractivity contribution in [1.82, 2.24) is 4.31 Å². The summed E-state index contributed by atoms with van der Waals surface area (Å²) >= 11 is 12.0. The first-order valence-corrected chi connectivity index (χ1v) is 8.18. The number of alkyl halides is 1. The Balaban J connectivity index is 2.27. The van der Waals surface area contributed by atoms with E-state index in [-0.39, 0.29) is 15.3 Å². The summed E-state index contributed by atoms with van der Waals surface area (Å²) in [5, 5.41) is 0.349. The highest BCUT2D eigenvalue weighted by Crippen LogP contribution is 2.29. The van der Waals surface area contributed by atoms with Gasteiger partial charge in [0.15, 0.2) is 0 Å². The van der Waals surface area contributed by atoms with E-state index in [0.29, 0.717) is 31.7 Å². The maximum Gasteiger partial charge on any atom is 0.243 e. The van der Waals surface area contributed by atoms with Crippen LogP contribution >= 0.6 is 23.2 Å². The number of piperidine rings is 1. The van der Waals surface area contributed by atoms with Gasteiger partial charge < -0.3 is 4.74 Å². The molecule has 106 valence electrons. The lowest BCUT2D eigenvalue weighted by atomic mass is 10.2. The largest absolute Gasteiger partial charge is 0.495 e. The number of rotatable bonds is 3. The van der Waals surface area contributed by atoms with Crippen LogP contribution in [0.4, 0.5) is 0 Å². The fourth-order valence-electron chi connectivity index (χ4n) is 2.02. The van der Waals surface area contributed by atoms with Gasteiger partial charge in [0.05, 0.1) is 17.0 Å². The number of nitrogens with zero attached hydrogens (tertiary/aromatic N) is 1. The topological polar surface area (TPSA) is 46.6 Å². The van der Waals surface area contributed by atoms with E-state index >= 15 is 0 Å². The number of ether oxygens (including phenoxy) is 1. The van der Waals surface area contributed by atoms with Crippen molar-refractivity contribution in [3.05, 3.63) is 23.2 Å². The molecule has 1 fully saturated rings. The lowest BCUT2D eigenvalue weighted by Crippen LogP contribution is -2.38. The number of halogens is 2. The SMILES string of the molecule is COc1ccc(S(=O)(=O)N2CCC(Cl)CC2)cc1Cl. The van der Waals surface area contributed by atoms with Crippen LogP contribution in [-0.2, 0) is 10.0 Å². The first-order chi connectivity index (χ1) is 8.95. The molecule has 1 aliphatic rings. The van der Waals surface area contributed by atoms with Crippen molar-refractivity contribution in [2.24, 2.45) is 0 Å². The van der Waals surface area contributed by atoms with Gasteiger partial charge in [-0.25, -0.2) is 8.42 Å². The second-order valence-corrected chi connectivity index (χ2v) is 7.34. The minimum atomic E-state index is -3.50. The van der Waals surface area contributed by atoms with Crippen LogP contribution in [0.5, 0.6) is 5.75 Å². The molecule has 0 spiro atoms. The number of hydrogen-bond donors (Lipinski definition) is 0. The molecule has 2 rings (SSSR count). The fraction of sp³-hybridized carbons (Fsp3) is 0.500. The van der Waals surface area contributed by atoms with E-state index in [1.807, 2.05) is 0 Å². The van der Waals surface area contributed by atoms with E-state index in [0.717, 1.165) is 0 Å². The van der Waals surface area contributed by atoms with Crippen molar-refractivity contribution < 1.29 is 13.2 Å². The van der Waals surface area contributed by atoms with Gasteiger partial charge in [0.1, 0.15) is 5.75 Å². The highest BCUT2D eigenvalue weighted by atomic mass is 35.5. The molecule has 0 radical (unpaired) electrons. The van der Waals surface area contributed by atoms with Gasteiger partial charge in [0, 0.05) is 18.5 Å². The molecule has 0 saturated carbocycles. The molecule has 0 bridgehead atoms. The van der Waals surface area contributed by atoms with Gasteiger partial charge >= 0.3 is 0 Å². The molecule has 4 nitrogen and oxygen atoms in total. The molecule has 1 saturated heterocycles. The Morgan fingerprint density at radius 1 is 1.32 bits per heavy atom. The number of hydrogen-bond acceptors (Lipinski definition) is 3. The molecule has 0 N–H and O–H groups in total. The maximum atomic E-state index is 12.4. The van der Waals surface area contributed by atoms with Crippen LogP contribution in [0, 0.1) is 0 Å². The van der Waals surface area contributed by atoms with Gasteiger partial charge in [0.25, 0.3) is 0 Å². The van der Waals surface area contributed by atoms with E-state index in [1.54, 1.807) is 6.07 Å². The van der Waals surface area contributed by atoms with Gasteiger partial charge in [-0.15, -0.1) is 11.6 Å². The van der Waals surface area contributed by atoms with E-state index in [4.69, 9.17) is 27.9 Å². The van der Waals surface area contributed by atoms with Crippen molar-refractivity contribution in [1.29, 1.82) is 0 Å². The molecule has 0 aromatic heterocycles.